The number of methoxy groups -OCH3 is 3. The lowest BCUT2D eigenvalue weighted by atomic mass is 10.1. The second-order valence-corrected chi connectivity index (χ2v) is 6.60. The highest BCUT2D eigenvalue weighted by Crippen LogP contribution is 2.47. The van der Waals surface area contributed by atoms with Crippen LogP contribution in [0.3, 0.4) is 0 Å². The predicted octanol–water partition coefficient (Wildman–Crippen LogP) is 2.60. The number of hydrogen-bond donors (Lipinski definition) is 1. The van der Waals surface area contributed by atoms with E-state index in [9.17, 15) is 4.79 Å². The third-order valence-electron chi connectivity index (χ3n) is 4.36. The quantitative estimate of drug-likeness (QED) is 0.720. The molecule has 0 unspecified atom stereocenters. The molecule has 1 saturated heterocycles. The normalized spacial score (nSPS) is 13.8. The molecule has 1 aliphatic heterocycles. The summed E-state index contributed by atoms with van der Waals surface area (Å²) in [5, 5.41) is 3.25. The molecule has 0 bridgehead atoms. The molecule has 1 aromatic rings. The van der Waals surface area contributed by atoms with Gasteiger partial charge in [-0.25, -0.2) is 0 Å². The van der Waals surface area contributed by atoms with E-state index in [-0.39, 0.29) is 18.3 Å². The van der Waals surface area contributed by atoms with Gasteiger partial charge < -0.3 is 29.2 Å². The number of ether oxygens (including phenoxy) is 4. The van der Waals surface area contributed by atoms with Crippen LogP contribution in [0, 0.1) is 5.92 Å². The van der Waals surface area contributed by atoms with E-state index >= 15 is 0 Å². The number of hydrogen-bond acceptors (Lipinski definition) is 6. The molecular weight excluding hydrogens is 372 g/mol. The highest BCUT2D eigenvalue weighted by Gasteiger charge is 2.29. The lowest BCUT2D eigenvalue weighted by molar-refractivity contribution is 0.0729. The first kappa shape index (κ1) is 23.2. The average Bonchev–Trinajstić information content (AvgIpc) is 2.66. The van der Waals surface area contributed by atoms with E-state index < -0.39 is 0 Å². The Morgan fingerprint density at radius 2 is 1.70 bits per heavy atom. The summed E-state index contributed by atoms with van der Waals surface area (Å²) >= 11 is 0. The number of rotatable bonds is 8. The maximum absolute atomic E-state index is 13.1. The van der Waals surface area contributed by atoms with Crippen molar-refractivity contribution in [3.05, 3.63) is 11.6 Å². The molecule has 0 aromatic heterocycles. The fraction of sp³-hybridized carbons (Fsp3) is 0.632. The van der Waals surface area contributed by atoms with Crippen molar-refractivity contribution in [1.82, 2.24) is 10.2 Å². The fourth-order valence-electron chi connectivity index (χ4n) is 2.87. The van der Waals surface area contributed by atoms with Crippen LogP contribution in [0.15, 0.2) is 6.07 Å². The van der Waals surface area contributed by atoms with Gasteiger partial charge in [-0.2, -0.15) is 0 Å². The van der Waals surface area contributed by atoms with Crippen LogP contribution in [0.5, 0.6) is 23.0 Å². The van der Waals surface area contributed by atoms with Crippen LogP contribution < -0.4 is 24.3 Å². The summed E-state index contributed by atoms with van der Waals surface area (Å²) in [4.78, 5) is 14.9. The zero-order valence-electron chi connectivity index (χ0n) is 16.8. The summed E-state index contributed by atoms with van der Waals surface area (Å²) in [6.07, 6.45) is 0.874. The molecule has 1 aromatic carbocycles. The number of carbonyl (C=O) groups excluding carboxylic acids is 1. The number of piperazine rings is 1. The number of amides is 1. The van der Waals surface area contributed by atoms with Crippen molar-refractivity contribution in [3.63, 3.8) is 0 Å². The highest BCUT2D eigenvalue weighted by molar-refractivity contribution is 5.99. The van der Waals surface area contributed by atoms with Gasteiger partial charge in [-0.3, -0.25) is 4.79 Å². The van der Waals surface area contributed by atoms with Crippen molar-refractivity contribution in [3.8, 4) is 23.0 Å². The number of carbonyl (C=O) groups is 1. The van der Waals surface area contributed by atoms with Gasteiger partial charge in [0.2, 0.25) is 11.5 Å². The van der Waals surface area contributed by atoms with Gasteiger partial charge in [0.1, 0.15) is 0 Å². The van der Waals surface area contributed by atoms with Crippen LogP contribution in [0.1, 0.15) is 30.6 Å². The van der Waals surface area contributed by atoms with Gasteiger partial charge in [0, 0.05) is 32.2 Å². The molecule has 1 aliphatic rings. The van der Waals surface area contributed by atoms with Gasteiger partial charge >= 0.3 is 0 Å². The van der Waals surface area contributed by atoms with Crippen molar-refractivity contribution in [2.75, 3.05) is 54.1 Å². The standard InChI is InChI=1S/C19H30N2O5.ClH/c1-13(2)6-11-26-16-14(19(22)21-9-7-20-8-10-21)12-15(23-3)17(24-4)18(16)25-5;/h12-13,20H,6-11H2,1-5H3;1H. The topological polar surface area (TPSA) is 69.3 Å². The molecule has 1 heterocycles. The molecule has 1 fully saturated rings. The smallest absolute Gasteiger partial charge is 0.258 e. The number of halogens is 1. The van der Waals surface area contributed by atoms with Gasteiger partial charge in [0.25, 0.3) is 5.91 Å². The Hall–Kier alpha value is -1.86. The van der Waals surface area contributed by atoms with Crippen LogP contribution in [-0.4, -0.2) is 64.9 Å². The van der Waals surface area contributed by atoms with Crippen molar-refractivity contribution >= 4 is 18.3 Å². The van der Waals surface area contributed by atoms with Crippen LogP contribution >= 0.6 is 12.4 Å². The Kier molecular flexibility index (Phi) is 9.52. The highest BCUT2D eigenvalue weighted by atomic mass is 35.5. The molecule has 7 nitrogen and oxygen atoms in total. The Morgan fingerprint density at radius 3 is 2.22 bits per heavy atom. The molecular formula is C19H31ClN2O5. The summed E-state index contributed by atoms with van der Waals surface area (Å²) in [6.45, 7) is 7.61. The van der Waals surface area contributed by atoms with Crippen LogP contribution in [-0.2, 0) is 0 Å². The van der Waals surface area contributed by atoms with Crippen molar-refractivity contribution < 1.29 is 23.7 Å². The molecule has 154 valence electrons. The lowest BCUT2D eigenvalue weighted by Crippen LogP contribution is -2.46. The third-order valence-corrected chi connectivity index (χ3v) is 4.36. The first-order valence-electron chi connectivity index (χ1n) is 8.99. The summed E-state index contributed by atoms with van der Waals surface area (Å²) < 4.78 is 22.4. The Balaban J connectivity index is 0.00000364. The van der Waals surface area contributed by atoms with E-state index in [1.165, 1.54) is 21.3 Å². The molecule has 0 radical (unpaired) electrons. The summed E-state index contributed by atoms with van der Waals surface area (Å²) in [5.74, 6) is 2.06. The fourth-order valence-corrected chi connectivity index (χ4v) is 2.87. The molecule has 0 spiro atoms. The molecule has 1 amide bonds. The molecule has 0 atom stereocenters. The Bertz CT molecular complexity index is 619. The summed E-state index contributed by atoms with van der Waals surface area (Å²) in [5.41, 5.74) is 0.435. The van der Waals surface area contributed by atoms with Crippen molar-refractivity contribution in [2.45, 2.75) is 20.3 Å². The number of benzene rings is 1. The minimum absolute atomic E-state index is 0. The van der Waals surface area contributed by atoms with Gasteiger partial charge in [-0.05, 0) is 12.3 Å². The van der Waals surface area contributed by atoms with E-state index in [4.69, 9.17) is 18.9 Å². The third kappa shape index (κ3) is 5.56. The second kappa shape index (κ2) is 11.1. The summed E-state index contributed by atoms with van der Waals surface area (Å²) in [6, 6.07) is 1.68. The summed E-state index contributed by atoms with van der Waals surface area (Å²) in [7, 11) is 4.61. The average molecular weight is 403 g/mol. The SMILES string of the molecule is COc1cc(C(=O)N2CCNCC2)c(OCCC(C)C)c(OC)c1OC.Cl. The van der Waals surface area contributed by atoms with Crippen molar-refractivity contribution in [2.24, 2.45) is 5.92 Å². The molecule has 27 heavy (non-hydrogen) atoms. The van der Waals surface area contributed by atoms with Gasteiger partial charge in [0.05, 0.1) is 33.5 Å². The molecule has 2 rings (SSSR count). The molecule has 1 N–H and O–H groups in total. The van der Waals surface area contributed by atoms with Crippen LogP contribution in [0.2, 0.25) is 0 Å². The lowest BCUT2D eigenvalue weighted by Gasteiger charge is -2.29. The maximum atomic E-state index is 13.1. The van der Waals surface area contributed by atoms with E-state index in [2.05, 4.69) is 19.2 Å². The second-order valence-electron chi connectivity index (χ2n) is 6.60. The van der Waals surface area contributed by atoms with Gasteiger partial charge in [-0.1, -0.05) is 13.8 Å². The van der Waals surface area contributed by atoms with E-state index in [0.29, 0.717) is 54.2 Å². The van der Waals surface area contributed by atoms with E-state index in [0.717, 1.165) is 19.5 Å². The first-order chi connectivity index (χ1) is 12.5. The monoisotopic (exact) mass is 402 g/mol. The molecule has 8 heteroatoms. The van der Waals surface area contributed by atoms with Gasteiger partial charge in [-0.15, -0.1) is 12.4 Å². The Labute approximate surface area is 167 Å². The minimum Gasteiger partial charge on any atom is -0.493 e. The zero-order chi connectivity index (χ0) is 19.1. The van der Waals surface area contributed by atoms with E-state index in [1.54, 1.807) is 6.07 Å². The minimum atomic E-state index is -0.0923. The zero-order valence-corrected chi connectivity index (χ0v) is 17.6. The number of nitrogens with zero attached hydrogens (tertiary/aromatic N) is 1. The number of nitrogens with one attached hydrogen (secondary N) is 1. The van der Waals surface area contributed by atoms with Crippen LogP contribution in [0.25, 0.3) is 0 Å². The maximum Gasteiger partial charge on any atom is 0.258 e. The Morgan fingerprint density at radius 1 is 1.07 bits per heavy atom. The van der Waals surface area contributed by atoms with Crippen LogP contribution in [0.4, 0.5) is 0 Å². The predicted molar refractivity (Wildman–Crippen MR) is 107 cm³/mol. The molecule has 0 aliphatic carbocycles. The van der Waals surface area contributed by atoms with E-state index in [1.807, 2.05) is 4.90 Å². The first-order valence-corrected chi connectivity index (χ1v) is 8.99. The largest absolute Gasteiger partial charge is 0.493 e. The van der Waals surface area contributed by atoms with Gasteiger partial charge in [0.15, 0.2) is 11.5 Å². The molecule has 0 saturated carbocycles. The van der Waals surface area contributed by atoms with Crippen molar-refractivity contribution in [1.29, 1.82) is 0 Å².